The second kappa shape index (κ2) is 5.67. The van der Waals surface area contributed by atoms with Gasteiger partial charge in [-0.25, -0.2) is 0 Å². The molecule has 3 heteroatoms. The maximum atomic E-state index is 12.0. The molecule has 0 heterocycles. The molecule has 0 bridgehead atoms. The van der Waals surface area contributed by atoms with E-state index >= 15 is 0 Å². The van der Waals surface area contributed by atoms with Crippen molar-refractivity contribution < 1.29 is 9.90 Å². The molecule has 0 aliphatic heterocycles. The highest BCUT2D eigenvalue weighted by Crippen LogP contribution is 2.28. The number of amides is 1. The summed E-state index contributed by atoms with van der Waals surface area (Å²) in [6.45, 7) is 6.60. The third kappa shape index (κ3) is 4.52. The van der Waals surface area contributed by atoms with Crippen LogP contribution in [0.1, 0.15) is 52.9 Å². The van der Waals surface area contributed by atoms with Gasteiger partial charge in [-0.1, -0.05) is 12.8 Å². The van der Waals surface area contributed by atoms with Gasteiger partial charge in [-0.3, -0.25) is 4.79 Å². The molecule has 1 aliphatic carbocycles. The topological polar surface area (TPSA) is 40.5 Å². The predicted molar refractivity (Wildman–Crippen MR) is 65.1 cm³/mol. The lowest BCUT2D eigenvalue weighted by Gasteiger charge is -2.29. The van der Waals surface area contributed by atoms with Gasteiger partial charge in [0.2, 0.25) is 5.91 Å². The molecule has 0 aromatic carbocycles. The minimum absolute atomic E-state index is 0.205. The zero-order valence-electron chi connectivity index (χ0n) is 10.8. The summed E-state index contributed by atoms with van der Waals surface area (Å²) in [4.78, 5) is 13.8. The van der Waals surface area contributed by atoms with Crippen molar-refractivity contribution in [3.8, 4) is 0 Å². The minimum Gasteiger partial charge on any atom is -0.389 e. The minimum atomic E-state index is -0.790. The van der Waals surface area contributed by atoms with Crippen LogP contribution in [-0.4, -0.2) is 34.6 Å². The molecule has 1 fully saturated rings. The van der Waals surface area contributed by atoms with Gasteiger partial charge in [-0.05, 0) is 39.5 Å². The van der Waals surface area contributed by atoms with E-state index in [4.69, 9.17) is 0 Å². The average molecular weight is 227 g/mol. The molecule has 16 heavy (non-hydrogen) atoms. The van der Waals surface area contributed by atoms with Crippen molar-refractivity contribution >= 4 is 5.91 Å². The number of carbonyl (C=O) groups excluding carboxylic acids is 1. The highest BCUT2D eigenvalue weighted by molar-refractivity contribution is 5.76. The molecule has 0 atom stereocenters. The highest BCUT2D eigenvalue weighted by Gasteiger charge is 2.24. The van der Waals surface area contributed by atoms with Crippen LogP contribution in [0.2, 0.25) is 0 Å². The second-order valence-electron chi connectivity index (χ2n) is 5.57. The normalized spacial score (nSPS) is 17.8. The van der Waals surface area contributed by atoms with Crippen LogP contribution in [0, 0.1) is 5.92 Å². The van der Waals surface area contributed by atoms with Crippen molar-refractivity contribution in [2.75, 3.05) is 13.1 Å². The second-order valence-corrected chi connectivity index (χ2v) is 5.57. The summed E-state index contributed by atoms with van der Waals surface area (Å²) in [7, 11) is 0. The monoisotopic (exact) mass is 227 g/mol. The summed E-state index contributed by atoms with van der Waals surface area (Å²) in [5.41, 5.74) is -0.790. The van der Waals surface area contributed by atoms with Gasteiger partial charge in [0.1, 0.15) is 0 Å². The van der Waals surface area contributed by atoms with Crippen LogP contribution in [0.15, 0.2) is 0 Å². The molecular formula is C13H25NO2. The fourth-order valence-electron chi connectivity index (χ4n) is 2.43. The van der Waals surface area contributed by atoms with Crippen LogP contribution < -0.4 is 0 Å². The molecule has 1 amide bonds. The Balaban J connectivity index is 2.42. The first-order valence-corrected chi connectivity index (χ1v) is 6.42. The van der Waals surface area contributed by atoms with E-state index in [1.165, 1.54) is 25.7 Å². The van der Waals surface area contributed by atoms with E-state index in [0.717, 1.165) is 0 Å². The molecule has 0 radical (unpaired) electrons. The van der Waals surface area contributed by atoms with Crippen molar-refractivity contribution in [3.63, 3.8) is 0 Å². The quantitative estimate of drug-likeness (QED) is 0.782. The van der Waals surface area contributed by atoms with Crippen molar-refractivity contribution in [1.29, 1.82) is 0 Å². The van der Waals surface area contributed by atoms with Crippen molar-refractivity contribution in [2.24, 2.45) is 5.92 Å². The highest BCUT2D eigenvalue weighted by atomic mass is 16.3. The van der Waals surface area contributed by atoms with Crippen LogP contribution in [0.4, 0.5) is 0 Å². The van der Waals surface area contributed by atoms with Crippen molar-refractivity contribution in [2.45, 2.75) is 58.5 Å². The maximum absolute atomic E-state index is 12.0. The fraction of sp³-hybridized carbons (Fsp3) is 0.923. The molecular weight excluding hydrogens is 202 g/mol. The van der Waals surface area contributed by atoms with Crippen LogP contribution in [0.3, 0.4) is 0 Å². The lowest BCUT2D eigenvalue weighted by molar-refractivity contribution is -0.134. The Morgan fingerprint density at radius 3 is 2.38 bits per heavy atom. The molecule has 0 unspecified atom stereocenters. The predicted octanol–water partition coefficient (Wildman–Crippen LogP) is 2.19. The summed E-state index contributed by atoms with van der Waals surface area (Å²) in [5.74, 6) is 0.792. The maximum Gasteiger partial charge on any atom is 0.222 e. The van der Waals surface area contributed by atoms with Crippen LogP contribution in [0.5, 0.6) is 0 Å². The van der Waals surface area contributed by atoms with Gasteiger partial charge in [0, 0.05) is 19.5 Å². The van der Waals surface area contributed by atoms with Crippen LogP contribution in [0.25, 0.3) is 0 Å². The number of nitrogens with zero attached hydrogens (tertiary/aromatic N) is 1. The largest absolute Gasteiger partial charge is 0.389 e. The zero-order valence-corrected chi connectivity index (χ0v) is 10.8. The van der Waals surface area contributed by atoms with Gasteiger partial charge in [0.25, 0.3) is 0 Å². The number of hydrogen-bond acceptors (Lipinski definition) is 2. The number of carbonyl (C=O) groups is 1. The third-order valence-corrected chi connectivity index (χ3v) is 3.25. The van der Waals surface area contributed by atoms with E-state index in [-0.39, 0.29) is 5.91 Å². The Bertz CT molecular complexity index is 227. The summed E-state index contributed by atoms with van der Waals surface area (Å²) in [6, 6.07) is 0. The lowest BCUT2D eigenvalue weighted by Crippen LogP contribution is -2.42. The smallest absolute Gasteiger partial charge is 0.222 e. The van der Waals surface area contributed by atoms with Gasteiger partial charge in [-0.15, -0.1) is 0 Å². The van der Waals surface area contributed by atoms with Gasteiger partial charge in [-0.2, -0.15) is 0 Å². The number of likely N-dealkylation sites (N-methyl/N-ethyl adjacent to an activating group) is 1. The average Bonchev–Trinajstić information content (AvgIpc) is 2.65. The molecule has 1 rings (SSSR count). The van der Waals surface area contributed by atoms with E-state index in [1.807, 2.05) is 6.92 Å². The molecule has 0 spiro atoms. The molecule has 1 N–H and O–H groups in total. The molecule has 0 aromatic heterocycles. The van der Waals surface area contributed by atoms with E-state index in [0.29, 0.717) is 25.4 Å². The van der Waals surface area contributed by atoms with Gasteiger partial charge in [0.15, 0.2) is 0 Å². The first kappa shape index (κ1) is 13.5. The summed E-state index contributed by atoms with van der Waals surface area (Å²) < 4.78 is 0. The fourth-order valence-corrected chi connectivity index (χ4v) is 2.43. The van der Waals surface area contributed by atoms with Crippen molar-refractivity contribution in [3.05, 3.63) is 0 Å². The first-order chi connectivity index (χ1) is 7.42. The Morgan fingerprint density at radius 1 is 1.38 bits per heavy atom. The lowest BCUT2D eigenvalue weighted by atomic mass is 10.0. The molecule has 3 nitrogen and oxygen atoms in total. The Labute approximate surface area is 98.8 Å². The van der Waals surface area contributed by atoms with E-state index < -0.39 is 5.60 Å². The van der Waals surface area contributed by atoms with E-state index in [9.17, 15) is 9.90 Å². The van der Waals surface area contributed by atoms with Gasteiger partial charge >= 0.3 is 0 Å². The van der Waals surface area contributed by atoms with Gasteiger partial charge < -0.3 is 10.0 Å². The third-order valence-electron chi connectivity index (χ3n) is 3.25. The van der Waals surface area contributed by atoms with Crippen LogP contribution >= 0.6 is 0 Å². The molecule has 1 saturated carbocycles. The SMILES string of the molecule is CCN(CC(C)(C)O)C(=O)CC1CCCC1. The van der Waals surface area contributed by atoms with E-state index in [2.05, 4.69) is 0 Å². The molecule has 0 saturated heterocycles. The number of hydrogen-bond donors (Lipinski definition) is 1. The Morgan fingerprint density at radius 2 is 1.94 bits per heavy atom. The summed E-state index contributed by atoms with van der Waals surface area (Å²) >= 11 is 0. The van der Waals surface area contributed by atoms with Crippen molar-refractivity contribution in [1.82, 2.24) is 4.90 Å². The van der Waals surface area contributed by atoms with Gasteiger partial charge in [0.05, 0.1) is 5.60 Å². The number of aliphatic hydroxyl groups is 1. The Hall–Kier alpha value is -0.570. The number of rotatable bonds is 5. The summed E-state index contributed by atoms with van der Waals surface area (Å²) in [6.07, 6.45) is 5.62. The zero-order chi connectivity index (χ0) is 12.2. The van der Waals surface area contributed by atoms with E-state index in [1.54, 1.807) is 18.7 Å². The standard InChI is InChI=1S/C13H25NO2/c1-4-14(10-13(2,3)16)12(15)9-11-7-5-6-8-11/h11,16H,4-10H2,1-3H3. The first-order valence-electron chi connectivity index (χ1n) is 6.42. The molecule has 1 aliphatic rings. The summed E-state index contributed by atoms with van der Waals surface area (Å²) in [5, 5.41) is 9.74. The van der Waals surface area contributed by atoms with Crippen LogP contribution in [-0.2, 0) is 4.79 Å². The Kier molecular flexibility index (Phi) is 4.78. The molecule has 94 valence electrons. The molecule has 0 aromatic rings.